The SMILES string of the molecule is Cc1nc(Cc2ccn[nH]2)sc1-c1ccc(C(=O)O)cc1. The van der Waals surface area contributed by atoms with Crippen LogP contribution in [-0.2, 0) is 6.42 Å². The van der Waals surface area contributed by atoms with E-state index in [0.29, 0.717) is 5.56 Å². The number of H-pyrrole nitrogens is 1. The molecule has 2 heterocycles. The summed E-state index contributed by atoms with van der Waals surface area (Å²) in [6, 6.07) is 8.81. The first-order valence-electron chi connectivity index (χ1n) is 6.42. The Hall–Kier alpha value is -2.47. The van der Waals surface area contributed by atoms with Crippen molar-refractivity contribution in [1.82, 2.24) is 15.2 Å². The zero-order chi connectivity index (χ0) is 14.8. The van der Waals surface area contributed by atoms with Gasteiger partial charge in [-0.05, 0) is 30.7 Å². The number of hydrogen-bond donors (Lipinski definition) is 2. The molecule has 5 nitrogen and oxygen atoms in total. The summed E-state index contributed by atoms with van der Waals surface area (Å²) >= 11 is 1.62. The molecule has 1 aromatic carbocycles. The van der Waals surface area contributed by atoms with Crippen LogP contribution in [0.4, 0.5) is 0 Å². The first-order valence-corrected chi connectivity index (χ1v) is 7.23. The Balaban J connectivity index is 1.88. The van der Waals surface area contributed by atoms with E-state index in [1.807, 2.05) is 25.1 Å². The fourth-order valence-electron chi connectivity index (χ4n) is 2.11. The second-order valence-electron chi connectivity index (χ2n) is 4.66. The van der Waals surface area contributed by atoms with Crippen molar-refractivity contribution in [3.8, 4) is 10.4 Å². The molecule has 3 aromatic rings. The van der Waals surface area contributed by atoms with Gasteiger partial charge >= 0.3 is 5.97 Å². The number of nitrogens with one attached hydrogen (secondary N) is 1. The summed E-state index contributed by atoms with van der Waals surface area (Å²) in [5.41, 5.74) is 3.26. The fourth-order valence-corrected chi connectivity index (χ4v) is 3.20. The van der Waals surface area contributed by atoms with Crippen molar-refractivity contribution in [2.45, 2.75) is 13.3 Å². The van der Waals surface area contributed by atoms with Crippen molar-refractivity contribution in [3.05, 3.63) is 58.5 Å². The third-order valence-electron chi connectivity index (χ3n) is 3.14. The maximum Gasteiger partial charge on any atom is 0.335 e. The number of carboxylic acid groups (broad SMARTS) is 1. The smallest absolute Gasteiger partial charge is 0.335 e. The number of rotatable bonds is 4. The van der Waals surface area contributed by atoms with Crippen LogP contribution < -0.4 is 0 Å². The van der Waals surface area contributed by atoms with Crippen LogP contribution in [0.15, 0.2) is 36.5 Å². The number of nitrogens with zero attached hydrogens (tertiary/aromatic N) is 2. The Morgan fingerprint density at radius 2 is 2.05 bits per heavy atom. The molecule has 0 radical (unpaired) electrons. The number of aromatic carboxylic acids is 1. The summed E-state index contributed by atoms with van der Waals surface area (Å²) in [6.45, 7) is 1.97. The Bertz CT molecular complexity index is 761. The predicted octanol–water partition coefficient (Wildman–Crippen LogP) is 3.13. The van der Waals surface area contributed by atoms with Crippen LogP contribution in [0.25, 0.3) is 10.4 Å². The van der Waals surface area contributed by atoms with E-state index in [-0.39, 0.29) is 0 Å². The molecule has 0 saturated carbocycles. The van der Waals surface area contributed by atoms with Crippen LogP contribution in [0.1, 0.15) is 26.8 Å². The van der Waals surface area contributed by atoms with E-state index in [1.165, 1.54) is 0 Å². The van der Waals surface area contributed by atoms with E-state index in [9.17, 15) is 4.79 Å². The van der Waals surface area contributed by atoms with Crippen LogP contribution in [0.2, 0.25) is 0 Å². The molecular weight excluding hydrogens is 286 g/mol. The standard InChI is InChI=1S/C15H13N3O2S/c1-9-14(10-2-4-11(5-3-10)15(19)20)21-13(17-9)8-12-6-7-16-18-12/h2-7H,8H2,1H3,(H,16,18)(H,19,20). The molecule has 0 aliphatic carbocycles. The molecule has 0 spiro atoms. The van der Waals surface area contributed by atoms with Gasteiger partial charge in [-0.25, -0.2) is 9.78 Å². The number of benzene rings is 1. The molecule has 106 valence electrons. The topological polar surface area (TPSA) is 78.9 Å². The van der Waals surface area contributed by atoms with Gasteiger partial charge in [0.1, 0.15) is 0 Å². The number of carbonyl (C=O) groups is 1. The summed E-state index contributed by atoms with van der Waals surface area (Å²) in [7, 11) is 0. The average molecular weight is 299 g/mol. The first kappa shape index (κ1) is 13.5. The lowest BCUT2D eigenvalue weighted by Crippen LogP contribution is -1.94. The Morgan fingerprint density at radius 1 is 1.29 bits per heavy atom. The van der Waals surface area contributed by atoms with E-state index >= 15 is 0 Å². The van der Waals surface area contributed by atoms with Crippen LogP contribution >= 0.6 is 11.3 Å². The van der Waals surface area contributed by atoms with Gasteiger partial charge in [-0.15, -0.1) is 11.3 Å². The van der Waals surface area contributed by atoms with Crippen molar-refractivity contribution in [1.29, 1.82) is 0 Å². The molecule has 0 bridgehead atoms. The van der Waals surface area contributed by atoms with Gasteiger partial charge in [0.15, 0.2) is 0 Å². The van der Waals surface area contributed by atoms with E-state index in [4.69, 9.17) is 5.11 Å². The van der Waals surface area contributed by atoms with E-state index in [0.717, 1.165) is 33.3 Å². The Kier molecular flexibility index (Phi) is 3.53. The number of carboxylic acids is 1. The lowest BCUT2D eigenvalue weighted by Gasteiger charge is -1.99. The monoisotopic (exact) mass is 299 g/mol. The summed E-state index contributed by atoms with van der Waals surface area (Å²) < 4.78 is 0. The van der Waals surface area contributed by atoms with Gasteiger partial charge in [-0.2, -0.15) is 5.10 Å². The molecule has 3 rings (SSSR count). The number of thiazole rings is 1. The quantitative estimate of drug-likeness (QED) is 0.775. The molecule has 0 amide bonds. The second kappa shape index (κ2) is 5.49. The molecule has 0 aliphatic rings. The summed E-state index contributed by atoms with van der Waals surface area (Å²) in [5.74, 6) is -0.914. The normalized spacial score (nSPS) is 10.7. The molecule has 2 N–H and O–H groups in total. The van der Waals surface area contributed by atoms with Gasteiger partial charge in [0.2, 0.25) is 0 Å². The van der Waals surface area contributed by atoms with Crippen molar-refractivity contribution in [2.75, 3.05) is 0 Å². The lowest BCUT2D eigenvalue weighted by atomic mass is 10.1. The predicted molar refractivity (Wildman–Crippen MR) is 80.6 cm³/mol. The molecule has 0 saturated heterocycles. The molecule has 0 atom stereocenters. The highest BCUT2D eigenvalue weighted by Gasteiger charge is 2.11. The molecular formula is C15H13N3O2S. The highest BCUT2D eigenvalue weighted by Crippen LogP contribution is 2.31. The summed E-state index contributed by atoms with van der Waals surface area (Å²) in [4.78, 5) is 16.5. The Labute approximate surface area is 125 Å². The number of aryl methyl sites for hydroxylation is 1. The van der Waals surface area contributed by atoms with Gasteiger partial charge in [0.05, 0.1) is 21.1 Å². The zero-order valence-corrected chi connectivity index (χ0v) is 12.1. The van der Waals surface area contributed by atoms with Crippen molar-refractivity contribution in [2.24, 2.45) is 0 Å². The van der Waals surface area contributed by atoms with Gasteiger partial charge in [0, 0.05) is 18.3 Å². The highest BCUT2D eigenvalue weighted by atomic mass is 32.1. The van der Waals surface area contributed by atoms with Crippen LogP contribution in [0, 0.1) is 6.92 Å². The molecule has 21 heavy (non-hydrogen) atoms. The Morgan fingerprint density at radius 3 is 2.67 bits per heavy atom. The van der Waals surface area contributed by atoms with Crippen LogP contribution in [0.3, 0.4) is 0 Å². The van der Waals surface area contributed by atoms with Crippen LogP contribution in [-0.4, -0.2) is 26.3 Å². The highest BCUT2D eigenvalue weighted by molar-refractivity contribution is 7.15. The van der Waals surface area contributed by atoms with Gasteiger partial charge in [-0.1, -0.05) is 12.1 Å². The second-order valence-corrected chi connectivity index (χ2v) is 5.75. The molecule has 6 heteroatoms. The van der Waals surface area contributed by atoms with Gasteiger partial charge in [-0.3, -0.25) is 5.10 Å². The largest absolute Gasteiger partial charge is 0.478 e. The minimum Gasteiger partial charge on any atom is -0.478 e. The fraction of sp³-hybridized carbons (Fsp3) is 0.133. The maximum atomic E-state index is 10.9. The van der Waals surface area contributed by atoms with Crippen molar-refractivity contribution >= 4 is 17.3 Å². The van der Waals surface area contributed by atoms with Crippen molar-refractivity contribution < 1.29 is 9.90 Å². The number of hydrogen-bond acceptors (Lipinski definition) is 4. The number of aromatic nitrogens is 3. The summed E-state index contributed by atoms with van der Waals surface area (Å²) in [5, 5.41) is 16.8. The minimum absolute atomic E-state index is 0.290. The third kappa shape index (κ3) is 2.85. The van der Waals surface area contributed by atoms with E-state index in [2.05, 4.69) is 15.2 Å². The van der Waals surface area contributed by atoms with Gasteiger partial charge < -0.3 is 5.11 Å². The van der Waals surface area contributed by atoms with Gasteiger partial charge in [0.25, 0.3) is 0 Å². The molecule has 0 unspecified atom stereocenters. The minimum atomic E-state index is -0.914. The average Bonchev–Trinajstić information content (AvgIpc) is 3.09. The first-order chi connectivity index (χ1) is 10.1. The maximum absolute atomic E-state index is 10.9. The summed E-state index contributed by atoms with van der Waals surface area (Å²) in [6.07, 6.45) is 2.44. The van der Waals surface area contributed by atoms with E-state index < -0.39 is 5.97 Å². The number of aromatic amines is 1. The van der Waals surface area contributed by atoms with Crippen LogP contribution in [0.5, 0.6) is 0 Å². The molecule has 0 aliphatic heterocycles. The van der Waals surface area contributed by atoms with Crippen molar-refractivity contribution in [3.63, 3.8) is 0 Å². The lowest BCUT2D eigenvalue weighted by molar-refractivity contribution is 0.0697. The molecule has 0 fully saturated rings. The third-order valence-corrected chi connectivity index (χ3v) is 4.34. The molecule has 2 aromatic heterocycles. The van der Waals surface area contributed by atoms with E-state index in [1.54, 1.807) is 29.7 Å². The zero-order valence-electron chi connectivity index (χ0n) is 11.3.